The zero-order chi connectivity index (χ0) is 16.7. The molecule has 0 saturated carbocycles. The second kappa shape index (κ2) is 8.37. The molecular weight excluding hydrogens is 286 g/mol. The number of hydrogen-bond acceptors (Lipinski definition) is 2. The summed E-state index contributed by atoms with van der Waals surface area (Å²) in [4.78, 5) is 12.6. The molecule has 23 heavy (non-hydrogen) atoms. The number of nitrogens with one attached hydrogen (secondary N) is 1. The molecule has 0 aromatic heterocycles. The molecule has 3 heteroatoms. The molecule has 0 radical (unpaired) electrons. The minimum absolute atomic E-state index is 0.0107. The molecule has 0 unspecified atom stereocenters. The minimum atomic E-state index is -0.475. The van der Waals surface area contributed by atoms with Crippen LogP contribution in [0.5, 0.6) is 5.75 Å². The third-order valence-corrected chi connectivity index (χ3v) is 3.89. The summed E-state index contributed by atoms with van der Waals surface area (Å²) in [5.41, 5.74) is 2.34. The van der Waals surface area contributed by atoms with E-state index in [2.05, 4.69) is 43.4 Å². The van der Waals surface area contributed by atoms with Gasteiger partial charge in [-0.1, -0.05) is 61.9 Å². The first-order valence-electron chi connectivity index (χ1n) is 8.22. The van der Waals surface area contributed by atoms with Gasteiger partial charge < -0.3 is 10.1 Å². The number of benzene rings is 2. The van der Waals surface area contributed by atoms with E-state index >= 15 is 0 Å². The van der Waals surface area contributed by atoms with Crippen LogP contribution in [0, 0.1) is 6.92 Å². The Morgan fingerprint density at radius 3 is 2.22 bits per heavy atom. The predicted octanol–water partition coefficient (Wildman–Crippen LogP) is 4.42. The lowest BCUT2D eigenvalue weighted by Crippen LogP contribution is -2.39. The second-order valence-corrected chi connectivity index (χ2v) is 5.71. The summed E-state index contributed by atoms with van der Waals surface area (Å²) in [6, 6.07) is 17.8. The Hall–Kier alpha value is -2.29. The number of para-hydroxylation sites is 1. The Balaban J connectivity index is 2.03. The summed E-state index contributed by atoms with van der Waals surface area (Å²) in [6.45, 7) is 6.09. The summed E-state index contributed by atoms with van der Waals surface area (Å²) in [7, 11) is 0. The zero-order valence-electron chi connectivity index (χ0n) is 14.1. The number of hydrogen-bond donors (Lipinski definition) is 1. The molecular formula is C20H25NO2. The van der Waals surface area contributed by atoms with Gasteiger partial charge in [0.25, 0.3) is 5.91 Å². The fraction of sp³-hybridized carbons (Fsp3) is 0.350. The Morgan fingerprint density at radius 1 is 1.00 bits per heavy atom. The van der Waals surface area contributed by atoms with Crippen molar-refractivity contribution in [3.63, 3.8) is 0 Å². The van der Waals surface area contributed by atoms with Crippen molar-refractivity contribution in [2.75, 3.05) is 0 Å². The lowest BCUT2D eigenvalue weighted by atomic mass is 10.0. The second-order valence-electron chi connectivity index (χ2n) is 5.71. The fourth-order valence-electron chi connectivity index (χ4n) is 2.47. The highest BCUT2D eigenvalue weighted by molar-refractivity contribution is 5.81. The van der Waals surface area contributed by atoms with Gasteiger partial charge in [-0.15, -0.1) is 0 Å². The average molecular weight is 311 g/mol. The van der Waals surface area contributed by atoms with E-state index in [1.165, 1.54) is 5.56 Å². The van der Waals surface area contributed by atoms with E-state index in [9.17, 15) is 4.79 Å². The topological polar surface area (TPSA) is 38.3 Å². The van der Waals surface area contributed by atoms with Crippen molar-refractivity contribution in [3.8, 4) is 5.75 Å². The highest BCUT2D eigenvalue weighted by Gasteiger charge is 2.21. The van der Waals surface area contributed by atoms with Crippen LogP contribution in [-0.4, -0.2) is 12.0 Å². The van der Waals surface area contributed by atoms with Crippen LogP contribution >= 0.6 is 0 Å². The van der Waals surface area contributed by atoms with E-state index in [0.29, 0.717) is 6.42 Å². The van der Waals surface area contributed by atoms with Crippen molar-refractivity contribution < 1.29 is 9.53 Å². The number of amides is 1. The summed E-state index contributed by atoms with van der Waals surface area (Å²) < 4.78 is 5.81. The Morgan fingerprint density at radius 2 is 1.65 bits per heavy atom. The molecule has 0 aliphatic heterocycles. The molecule has 1 N–H and O–H groups in total. The van der Waals surface area contributed by atoms with Crippen LogP contribution in [0.4, 0.5) is 0 Å². The normalized spacial score (nSPS) is 13.2. The lowest BCUT2D eigenvalue weighted by molar-refractivity contribution is -0.128. The maximum Gasteiger partial charge on any atom is 0.261 e. The van der Waals surface area contributed by atoms with Crippen molar-refractivity contribution in [1.82, 2.24) is 5.32 Å². The van der Waals surface area contributed by atoms with Crippen LogP contribution in [0.15, 0.2) is 54.6 Å². The molecule has 122 valence electrons. The number of carbonyl (C=O) groups is 1. The van der Waals surface area contributed by atoms with E-state index in [4.69, 9.17) is 4.74 Å². The van der Waals surface area contributed by atoms with Gasteiger partial charge in [-0.05, 0) is 37.5 Å². The first kappa shape index (κ1) is 17.1. The van der Waals surface area contributed by atoms with E-state index in [1.807, 2.05) is 37.3 Å². The van der Waals surface area contributed by atoms with Crippen molar-refractivity contribution >= 4 is 5.91 Å². The smallest absolute Gasteiger partial charge is 0.261 e. The van der Waals surface area contributed by atoms with Gasteiger partial charge in [-0.3, -0.25) is 4.79 Å². The Kier molecular flexibility index (Phi) is 6.21. The number of rotatable bonds is 7. The van der Waals surface area contributed by atoms with Gasteiger partial charge in [-0.25, -0.2) is 0 Å². The van der Waals surface area contributed by atoms with Gasteiger partial charge in [0.15, 0.2) is 6.10 Å². The van der Waals surface area contributed by atoms with Crippen LogP contribution < -0.4 is 10.1 Å². The molecule has 0 aliphatic carbocycles. The number of ether oxygens (including phenoxy) is 1. The molecule has 2 aromatic rings. The Labute approximate surface area is 138 Å². The monoisotopic (exact) mass is 311 g/mol. The summed E-state index contributed by atoms with van der Waals surface area (Å²) in [6.07, 6.45) is 0.999. The quantitative estimate of drug-likeness (QED) is 0.822. The third kappa shape index (κ3) is 4.85. The zero-order valence-corrected chi connectivity index (χ0v) is 14.1. The van der Waals surface area contributed by atoms with Gasteiger partial charge in [0.05, 0.1) is 6.04 Å². The van der Waals surface area contributed by atoms with Gasteiger partial charge in [0, 0.05) is 0 Å². The third-order valence-electron chi connectivity index (χ3n) is 3.89. The first-order chi connectivity index (χ1) is 11.1. The van der Waals surface area contributed by atoms with Crippen LogP contribution in [0.3, 0.4) is 0 Å². The maximum atomic E-state index is 12.6. The number of carbonyl (C=O) groups excluding carboxylic acids is 1. The molecule has 1 amide bonds. The van der Waals surface area contributed by atoms with Crippen molar-refractivity contribution in [2.45, 2.75) is 45.8 Å². The average Bonchev–Trinajstić information content (AvgIpc) is 2.59. The van der Waals surface area contributed by atoms with E-state index < -0.39 is 6.10 Å². The van der Waals surface area contributed by atoms with Gasteiger partial charge in [0.1, 0.15) is 5.75 Å². The summed E-state index contributed by atoms with van der Waals surface area (Å²) in [5.74, 6) is 0.654. The van der Waals surface area contributed by atoms with Crippen molar-refractivity contribution in [1.29, 1.82) is 0 Å². The molecule has 0 saturated heterocycles. The predicted molar refractivity (Wildman–Crippen MR) is 93.5 cm³/mol. The van der Waals surface area contributed by atoms with Gasteiger partial charge in [0.2, 0.25) is 0 Å². The van der Waals surface area contributed by atoms with E-state index in [0.717, 1.165) is 17.7 Å². The molecule has 2 atom stereocenters. The van der Waals surface area contributed by atoms with Crippen LogP contribution in [0.25, 0.3) is 0 Å². The molecule has 3 nitrogen and oxygen atoms in total. The van der Waals surface area contributed by atoms with Crippen molar-refractivity contribution in [3.05, 3.63) is 65.7 Å². The number of aryl methyl sites for hydroxylation is 1. The van der Waals surface area contributed by atoms with Gasteiger partial charge >= 0.3 is 0 Å². The summed E-state index contributed by atoms with van der Waals surface area (Å²) >= 11 is 0. The highest BCUT2D eigenvalue weighted by atomic mass is 16.5. The molecule has 0 heterocycles. The molecule has 0 fully saturated rings. The maximum absolute atomic E-state index is 12.6. The first-order valence-corrected chi connectivity index (χ1v) is 8.22. The van der Waals surface area contributed by atoms with E-state index in [1.54, 1.807) is 0 Å². The molecule has 2 rings (SSSR count). The molecule has 2 aromatic carbocycles. The van der Waals surface area contributed by atoms with Crippen LogP contribution in [0.2, 0.25) is 0 Å². The largest absolute Gasteiger partial charge is 0.481 e. The summed E-state index contributed by atoms with van der Waals surface area (Å²) in [5, 5.41) is 3.11. The van der Waals surface area contributed by atoms with Crippen LogP contribution in [-0.2, 0) is 4.79 Å². The van der Waals surface area contributed by atoms with Gasteiger partial charge in [-0.2, -0.15) is 0 Å². The molecule has 0 aliphatic rings. The molecule has 0 bridgehead atoms. The highest BCUT2D eigenvalue weighted by Crippen LogP contribution is 2.19. The molecule has 0 spiro atoms. The lowest BCUT2D eigenvalue weighted by Gasteiger charge is -2.22. The fourth-order valence-corrected chi connectivity index (χ4v) is 2.47. The van der Waals surface area contributed by atoms with Crippen molar-refractivity contribution in [2.24, 2.45) is 0 Å². The standard InChI is InChI=1S/C20H25NO2/c1-4-18(16-13-11-15(3)12-14-16)21-20(22)19(5-2)23-17-9-7-6-8-10-17/h6-14,18-19H,4-5H2,1-3H3,(H,21,22)/t18-,19+/m1/s1. The minimum Gasteiger partial charge on any atom is -0.481 e. The van der Waals surface area contributed by atoms with E-state index in [-0.39, 0.29) is 11.9 Å². The SMILES string of the molecule is CC[C@H](Oc1ccccc1)C(=O)N[C@H](CC)c1ccc(C)cc1. The Bertz CT molecular complexity index is 607. The van der Waals surface area contributed by atoms with Crippen LogP contribution in [0.1, 0.15) is 43.9 Å².